The number of likely N-dealkylation sites (tertiary alicyclic amines) is 1. The molecule has 1 aliphatic heterocycles. The molecule has 0 spiro atoms. The Morgan fingerprint density at radius 3 is 2.62 bits per heavy atom. The van der Waals surface area contributed by atoms with Crippen LogP contribution in [0.4, 0.5) is 0 Å². The molecule has 0 aliphatic carbocycles. The molecular formula is C16H27IN4. The van der Waals surface area contributed by atoms with Gasteiger partial charge in [0.25, 0.3) is 0 Å². The average Bonchev–Trinajstić information content (AvgIpc) is 2.49. The van der Waals surface area contributed by atoms with Crippen LogP contribution < -0.4 is 5.73 Å². The maximum atomic E-state index is 6.14. The van der Waals surface area contributed by atoms with Gasteiger partial charge >= 0.3 is 0 Å². The Labute approximate surface area is 145 Å². The number of nitrogens with zero attached hydrogens (tertiary/aromatic N) is 3. The third kappa shape index (κ3) is 5.45. The fourth-order valence-electron chi connectivity index (χ4n) is 2.71. The number of rotatable bonds is 4. The first-order valence-corrected chi connectivity index (χ1v) is 7.63. The molecular weight excluding hydrogens is 375 g/mol. The molecule has 1 aromatic rings. The van der Waals surface area contributed by atoms with Crippen molar-refractivity contribution in [3.8, 4) is 0 Å². The molecule has 1 fully saturated rings. The van der Waals surface area contributed by atoms with Gasteiger partial charge in [0.05, 0.1) is 0 Å². The molecule has 21 heavy (non-hydrogen) atoms. The van der Waals surface area contributed by atoms with E-state index in [1.807, 2.05) is 18.5 Å². The Kier molecular flexibility index (Phi) is 8.00. The van der Waals surface area contributed by atoms with Crippen molar-refractivity contribution in [1.82, 2.24) is 9.88 Å². The molecule has 0 saturated carbocycles. The molecule has 1 unspecified atom stereocenters. The second kappa shape index (κ2) is 9.23. The number of pyridine rings is 1. The van der Waals surface area contributed by atoms with Gasteiger partial charge in [-0.25, -0.2) is 0 Å². The summed E-state index contributed by atoms with van der Waals surface area (Å²) in [6.45, 7) is 7.30. The molecule has 1 atom stereocenters. The Bertz CT molecular complexity index is 427. The highest BCUT2D eigenvalue weighted by molar-refractivity contribution is 14.0. The summed E-state index contributed by atoms with van der Waals surface area (Å²) in [6, 6.07) is 4.12. The number of hydrogen-bond donors (Lipinski definition) is 1. The van der Waals surface area contributed by atoms with Crippen molar-refractivity contribution in [1.29, 1.82) is 0 Å². The van der Waals surface area contributed by atoms with Crippen molar-refractivity contribution in [3.05, 3.63) is 30.1 Å². The summed E-state index contributed by atoms with van der Waals surface area (Å²) < 4.78 is 0. The molecule has 2 rings (SSSR count). The van der Waals surface area contributed by atoms with Crippen molar-refractivity contribution in [2.24, 2.45) is 16.6 Å². The number of piperidine rings is 1. The minimum absolute atomic E-state index is 0. The van der Waals surface area contributed by atoms with Crippen LogP contribution in [0.2, 0.25) is 0 Å². The van der Waals surface area contributed by atoms with Gasteiger partial charge in [-0.2, -0.15) is 0 Å². The smallest absolute Gasteiger partial charge is 0.191 e. The summed E-state index contributed by atoms with van der Waals surface area (Å²) >= 11 is 0. The molecule has 2 N–H and O–H groups in total. The average molecular weight is 402 g/mol. The lowest BCUT2D eigenvalue weighted by Gasteiger charge is -2.28. The maximum Gasteiger partial charge on any atom is 0.191 e. The lowest BCUT2D eigenvalue weighted by atomic mass is 9.89. The topological polar surface area (TPSA) is 54.5 Å². The highest BCUT2D eigenvalue weighted by Crippen LogP contribution is 2.24. The van der Waals surface area contributed by atoms with E-state index in [9.17, 15) is 0 Å². The third-order valence-electron chi connectivity index (χ3n) is 4.05. The van der Waals surface area contributed by atoms with Crippen molar-refractivity contribution in [3.63, 3.8) is 0 Å². The van der Waals surface area contributed by atoms with E-state index < -0.39 is 0 Å². The van der Waals surface area contributed by atoms with Crippen LogP contribution in [0.15, 0.2) is 29.5 Å². The first kappa shape index (κ1) is 18.2. The largest absolute Gasteiger partial charge is 0.370 e. The van der Waals surface area contributed by atoms with E-state index in [0.29, 0.717) is 17.8 Å². The fourth-order valence-corrected chi connectivity index (χ4v) is 2.71. The fraction of sp³-hybridized carbons (Fsp3) is 0.625. The monoisotopic (exact) mass is 402 g/mol. The zero-order valence-electron chi connectivity index (χ0n) is 13.0. The van der Waals surface area contributed by atoms with E-state index in [4.69, 9.17) is 5.73 Å². The Morgan fingerprint density at radius 2 is 2.05 bits per heavy atom. The second-order valence-electron chi connectivity index (χ2n) is 5.88. The van der Waals surface area contributed by atoms with Crippen LogP contribution in [-0.2, 0) is 0 Å². The summed E-state index contributed by atoms with van der Waals surface area (Å²) in [6.07, 6.45) is 7.52. The van der Waals surface area contributed by atoms with E-state index in [2.05, 4.69) is 34.8 Å². The molecule has 2 heterocycles. The van der Waals surface area contributed by atoms with Gasteiger partial charge in [0.15, 0.2) is 5.96 Å². The van der Waals surface area contributed by atoms with E-state index in [0.717, 1.165) is 19.6 Å². The molecule has 0 amide bonds. The molecule has 1 aliphatic rings. The van der Waals surface area contributed by atoms with Crippen molar-refractivity contribution < 1.29 is 0 Å². The molecule has 0 aromatic carbocycles. The van der Waals surface area contributed by atoms with E-state index in [1.165, 1.54) is 24.8 Å². The zero-order chi connectivity index (χ0) is 14.4. The van der Waals surface area contributed by atoms with Crippen LogP contribution >= 0.6 is 24.0 Å². The van der Waals surface area contributed by atoms with Crippen LogP contribution in [0.25, 0.3) is 0 Å². The highest BCUT2D eigenvalue weighted by atomic mass is 127. The Balaban J connectivity index is 0.00000220. The van der Waals surface area contributed by atoms with E-state index in [1.54, 1.807) is 0 Å². The van der Waals surface area contributed by atoms with Crippen molar-refractivity contribution >= 4 is 29.9 Å². The summed E-state index contributed by atoms with van der Waals surface area (Å²) in [4.78, 5) is 11.1. The van der Waals surface area contributed by atoms with Gasteiger partial charge in [0.2, 0.25) is 0 Å². The Morgan fingerprint density at radius 1 is 1.33 bits per heavy atom. The Hall–Kier alpha value is -0.850. The zero-order valence-corrected chi connectivity index (χ0v) is 15.4. The quantitative estimate of drug-likeness (QED) is 0.478. The summed E-state index contributed by atoms with van der Waals surface area (Å²) in [5.74, 6) is 1.61. The summed E-state index contributed by atoms with van der Waals surface area (Å²) in [5.41, 5.74) is 7.38. The molecule has 0 bridgehead atoms. The number of halogens is 1. The maximum absolute atomic E-state index is 6.14. The molecule has 0 radical (unpaired) electrons. The van der Waals surface area contributed by atoms with Gasteiger partial charge in [-0.1, -0.05) is 19.9 Å². The number of aromatic nitrogens is 1. The number of nitrogens with two attached hydrogens (primary N) is 1. The lowest BCUT2D eigenvalue weighted by molar-refractivity contribution is 0.337. The van der Waals surface area contributed by atoms with Gasteiger partial charge < -0.3 is 10.6 Å². The highest BCUT2D eigenvalue weighted by Gasteiger charge is 2.17. The van der Waals surface area contributed by atoms with Gasteiger partial charge in [0, 0.05) is 37.9 Å². The first-order valence-electron chi connectivity index (χ1n) is 7.63. The van der Waals surface area contributed by atoms with Gasteiger partial charge in [0.1, 0.15) is 0 Å². The van der Waals surface area contributed by atoms with Crippen LogP contribution in [0.3, 0.4) is 0 Å². The van der Waals surface area contributed by atoms with Gasteiger partial charge in [-0.05, 0) is 36.8 Å². The van der Waals surface area contributed by atoms with Crippen LogP contribution in [-0.4, -0.2) is 35.5 Å². The molecule has 1 saturated heterocycles. The summed E-state index contributed by atoms with van der Waals surface area (Å²) in [5, 5.41) is 0. The molecule has 5 heteroatoms. The second-order valence-corrected chi connectivity index (χ2v) is 5.88. The number of guanidine groups is 1. The normalized spacial score (nSPS) is 17.5. The number of aliphatic imine (C=N–C) groups is 1. The predicted octanol–water partition coefficient (Wildman–Crippen LogP) is 3.24. The predicted molar refractivity (Wildman–Crippen MR) is 99.1 cm³/mol. The van der Waals surface area contributed by atoms with Crippen LogP contribution in [0.5, 0.6) is 0 Å². The van der Waals surface area contributed by atoms with Crippen LogP contribution in [0.1, 0.15) is 44.6 Å². The first-order chi connectivity index (χ1) is 9.68. The summed E-state index contributed by atoms with van der Waals surface area (Å²) in [7, 11) is 0. The standard InChI is InChI=1S/C16H26N4.HI/c1-13(2)15(14-7-6-8-18-11-14)12-19-16(17)20-9-4-3-5-10-20;/h6-8,11,13,15H,3-5,9-10,12H2,1-2H3,(H2,17,19);1H. The lowest BCUT2D eigenvalue weighted by Crippen LogP contribution is -2.41. The minimum atomic E-state index is 0. The minimum Gasteiger partial charge on any atom is -0.370 e. The van der Waals surface area contributed by atoms with E-state index >= 15 is 0 Å². The molecule has 4 nitrogen and oxygen atoms in total. The van der Waals surface area contributed by atoms with Gasteiger partial charge in [-0.15, -0.1) is 24.0 Å². The van der Waals surface area contributed by atoms with E-state index in [-0.39, 0.29) is 24.0 Å². The van der Waals surface area contributed by atoms with Crippen molar-refractivity contribution in [2.45, 2.75) is 39.0 Å². The van der Waals surface area contributed by atoms with Crippen molar-refractivity contribution in [2.75, 3.05) is 19.6 Å². The van der Waals surface area contributed by atoms with Gasteiger partial charge in [-0.3, -0.25) is 9.98 Å². The SMILES string of the molecule is CC(C)C(CN=C(N)N1CCCCC1)c1cccnc1.I. The van der Waals surface area contributed by atoms with Crippen LogP contribution in [0, 0.1) is 5.92 Å². The number of hydrogen-bond acceptors (Lipinski definition) is 2. The molecule has 118 valence electrons. The molecule has 1 aromatic heterocycles. The third-order valence-corrected chi connectivity index (χ3v) is 4.05.